The Labute approximate surface area is 172 Å². The van der Waals surface area contributed by atoms with Gasteiger partial charge in [0, 0.05) is 0 Å². The summed E-state index contributed by atoms with van der Waals surface area (Å²) in [6.45, 7) is 5.59. The summed E-state index contributed by atoms with van der Waals surface area (Å²) in [5, 5.41) is 9.98. The molecule has 174 valence electrons. The van der Waals surface area contributed by atoms with Crippen molar-refractivity contribution in [2.75, 3.05) is 0 Å². The maximum atomic E-state index is 13.5. The summed E-state index contributed by atoms with van der Waals surface area (Å²) in [6, 6.07) is 0. The number of rotatable bonds is 5. The molecule has 30 heavy (non-hydrogen) atoms. The highest BCUT2D eigenvalue weighted by Crippen LogP contribution is 2.61. The van der Waals surface area contributed by atoms with E-state index in [1.54, 1.807) is 6.92 Å². The van der Waals surface area contributed by atoms with Crippen LogP contribution in [0.2, 0.25) is 0 Å². The smallest absolute Gasteiger partial charge is 0.430 e. The number of alkyl halides is 6. The Balaban J connectivity index is 1.90. The summed E-state index contributed by atoms with van der Waals surface area (Å²) in [4.78, 5) is 13.0. The highest BCUT2D eigenvalue weighted by atomic mass is 19.4. The molecule has 3 fully saturated rings. The Hall–Kier alpha value is -0.990. The van der Waals surface area contributed by atoms with Gasteiger partial charge in [0.05, 0.1) is 5.41 Å². The van der Waals surface area contributed by atoms with Crippen LogP contribution < -0.4 is 0 Å². The van der Waals surface area contributed by atoms with Crippen LogP contribution in [0.4, 0.5) is 26.3 Å². The number of aliphatic hydroxyl groups is 1. The second kappa shape index (κ2) is 7.55. The van der Waals surface area contributed by atoms with Gasteiger partial charge in [-0.15, -0.1) is 0 Å². The Morgan fingerprint density at radius 1 is 1.07 bits per heavy atom. The second-order valence-corrected chi connectivity index (χ2v) is 9.98. The highest BCUT2D eigenvalue weighted by Gasteiger charge is 2.76. The topological polar surface area (TPSA) is 46.5 Å². The van der Waals surface area contributed by atoms with Crippen molar-refractivity contribution in [2.24, 2.45) is 35.0 Å². The van der Waals surface area contributed by atoms with Crippen LogP contribution in [0.5, 0.6) is 0 Å². The Morgan fingerprint density at radius 2 is 1.60 bits per heavy atom. The number of fused-ring (bicyclic) bond motifs is 2. The molecule has 6 atom stereocenters. The van der Waals surface area contributed by atoms with Gasteiger partial charge in [-0.3, -0.25) is 4.79 Å². The minimum atomic E-state index is -6.02. The summed E-state index contributed by atoms with van der Waals surface area (Å²) in [5.74, 6) is -0.998. The molecule has 3 rings (SSSR count). The predicted octanol–water partition coefficient (Wildman–Crippen LogP) is 5.65. The van der Waals surface area contributed by atoms with Crippen LogP contribution in [0.1, 0.15) is 65.7 Å². The van der Waals surface area contributed by atoms with E-state index in [1.165, 1.54) is 0 Å². The first-order valence-corrected chi connectivity index (χ1v) is 10.7. The van der Waals surface area contributed by atoms with E-state index in [0.29, 0.717) is 44.4 Å². The molecule has 0 saturated heterocycles. The molecular formula is C21H30F6O3. The van der Waals surface area contributed by atoms with Gasteiger partial charge in [0.1, 0.15) is 6.10 Å². The van der Waals surface area contributed by atoms with Gasteiger partial charge in [0.15, 0.2) is 0 Å². The van der Waals surface area contributed by atoms with Gasteiger partial charge in [-0.2, -0.15) is 26.3 Å². The zero-order valence-electron chi connectivity index (χ0n) is 17.4. The Bertz CT molecular complexity index is 638. The maximum Gasteiger partial charge on any atom is 0.430 e. The molecule has 0 radical (unpaired) electrons. The van der Waals surface area contributed by atoms with Crippen molar-refractivity contribution < 1.29 is 41.0 Å². The molecular weight excluding hydrogens is 414 g/mol. The molecule has 3 nitrogen and oxygen atoms in total. The molecule has 0 heterocycles. The number of hydrogen-bond acceptors (Lipinski definition) is 3. The zero-order valence-corrected chi connectivity index (χ0v) is 17.4. The quantitative estimate of drug-likeness (QED) is 0.440. The minimum Gasteiger partial charge on any atom is -0.458 e. The van der Waals surface area contributed by atoms with Crippen molar-refractivity contribution in [3.8, 4) is 0 Å². The van der Waals surface area contributed by atoms with E-state index in [0.717, 1.165) is 0 Å². The van der Waals surface area contributed by atoms with E-state index in [2.05, 4.69) is 6.92 Å². The van der Waals surface area contributed by atoms with Crippen LogP contribution in [-0.2, 0) is 9.53 Å². The molecule has 0 aliphatic heterocycles. The van der Waals surface area contributed by atoms with Crippen LogP contribution >= 0.6 is 0 Å². The summed E-state index contributed by atoms with van der Waals surface area (Å²) in [5.41, 5.74) is -6.23. The molecule has 1 N–H and O–H groups in total. The molecule has 3 aliphatic rings. The third-order valence-electron chi connectivity index (χ3n) is 8.34. The Morgan fingerprint density at radius 3 is 2.03 bits per heavy atom. The summed E-state index contributed by atoms with van der Waals surface area (Å²) < 4.78 is 86.3. The number of hydrogen-bond donors (Lipinski definition) is 1. The minimum absolute atomic E-state index is 0.124. The van der Waals surface area contributed by atoms with Crippen LogP contribution in [0.15, 0.2) is 0 Å². The monoisotopic (exact) mass is 444 g/mol. The maximum absolute atomic E-state index is 13.5. The molecule has 0 aromatic carbocycles. The fourth-order valence-corrected chi connectivity index (χ4v) is 6.23. The molecule has 0 amide bonds. The average Bonchev–Trinajstić information content (AvgIpc) is 3.30. The van der Waals surface area contributed by atoms with Gasteiger partial charge in [0.25, 0.3) is 5.60 Å². The van der Waals surface area contributed by atoms with Crippen LogP contribution in [0, 0.1) is 35.0 Å². The molecule has 3 saturated carbocycles. The van der Waals surface area contributed by atoms with Gasteiger partial charge in [0.2, 0.25) is 0 Å². The van der Waals surface area contributed by atoms with Gasteiger partial charge < -0.3 is 9.84 Å². The summed E-state index contributed by atoms with van der Waals surface area (Å²) in [7, 11) is 0. The molecule has 0 aromatic rings. The normalized spacial score (nSPS) is 36.3. The van der Waals surface area contributed by atoms with Crippen molar-refractivity contribution in [3.05, 3.63) is 0 Å². The molecule has 2 bridgehead atoms. The molecule has 3 aliphatic carbocycles. The van der Waals surface area contributed by atoms with Crippen molar-refractivity contribution in [2.45, 2.75) is 89.8 Å². The second-order valence-electron chi connectivity index (χ2n) is 9.98. The lowest BCUT2D eigenvalue weighted by molar-refractivity contribution is -0.393. The molecule has 0 aromatic heterocycles. The Kier molecular flexibility index (Phi) is 5.96. The number of ether oxygens (including phenoxy) is 1. The van der Waals surface area contributed by atoms with Crippen molar-refractivity contribution in [1.29, 1.82) is 0 Å². The predicted molar refractivity (Wildman–Crippen MR) is 96.2 cm³/mol. The number of carbonyl (C=O) groups excluding carboxylic acids is 1. The number of halogens is 6. The molecule has 9 heteroatoms. The third kappa shape index (κ3) is 3.62. The lowest BCUT2D eigenvalue weighted by Gasteiger charge is -2.43. The standard InChI is InChI=1S/C21H30F6O3/c1-11-12(2)15-9-14(11)10-18(15,3)17(28)30-16(8-13-6-4-5-7-13)19(29,20(22,23)24)21(25,26)27/h11-16,29H,4-10H2,1-3H3. The number of esters is 1. The van der Waals surface area contributed by atoms with E-state index < -0.39 is 47.8 Å². The first kappa shape index (κ1) is 23.7. The van der Waals surface area contributed by atoms with Crippen LogP contribution in [0.3, 0.4) is 0 Å². The molecule has 0 spiro atoms. The fourth-order valence-electron chi connectivity index (χ4n) is 6.23. The third-order valence-corrected chi connectivity index (χ3v) is 8.34. The summed E-state index contributed by atoms with van der Waals surface area (Å²) >= 11 is 0. The highest BCUT2D eigenvalue weighted by molar-refractivity contribution is 5.78. The van der Waals surface area contributed by atoms with Crippen LogP contribution in [0.25, 0.3) is 0 Å². The van der Waals surface area contributed by atoms with Crippen molar-refractivity contribution >= 4 is 5.97 Å². The van der Waals surface area contributed by atoms with Gasteiger partial charge in [-0.05, 0) is 55.8 Å². The van der Waals surface area contributed by atoms with Gasteiger partial charge >= 0.3 is 18.3 Å². The van der Waals surface area contributed by atoms with E-state index in [-0.39, 0.29) is 17.8 Å². The van der Waals surface area contributed by atoms with Gasteiger partial charge in [-0.1, -0.05) is 39.5 Å². The number of carbonyl (C=O) groups is 1. The van der Waals surface area contributed by atoms with Crippen molar-refractivity contribution in [3.63, 3.8) is 0 Å². The first-order valence-electron chi connectivity index (χ1n) is 10.7. The van der Waals surface area contributed by atoms with E-state index in [1.807, 2.05) is 6.92 Å². The molecule has 6 unspecified atom stereocenters. The fraction of sp³-hybridized carbons (Fsp3) is 0.952. The SMILES string of the molecule is CC1C2CC(C1C)C(C)(C(=O)OC(CC1CCCC1)C(O)(C(F)(F)F)C(F)(F)F)C2. The van der Waals surface area contributed by atoms with Gasteiger partial charge in [-0.25, -0.2) is 0 Å². The zero-order chi connectivity index (χ0) is 22.7. The van der Waals surface area contributed by atoms with Crippen LogP contribution in [-0.4, -0.2) is 35.1 Å². The van der Waals surface area contributed by atoms with Crippen molar-refractivity contribution in [1.82, 2.24) is 0 Å². The lowest BCUT2D eigenvalue weighted by Crippen LogP contribution is -2.66. The lowest BCUT2D eigenvalue weighted by atomic mass is 9.66. The largest absolute Gasteiger partial charge is 0.458 e. The van der Waals surface area contributed by atoms with E-state index in [4.69, 9.17) is 4.74 Å². The van der Waals surface area contributed by atoms with E-state index >= 15 is 0 Å². The van der Waals surface area contributed by atoms with E-state index in [9.17, 15) is 36.2 Å². The first-order chi connectivity index (χ1) is 13.6. The average molecular weight is 444 g/mol. The summed E-state index contributed by atoms with van der Waals surface area (Å²) in [6.07, 6.45) is -12.0.